The molecule has 1 aromatic rings. The van der Waals surface area contributed by atoms with Crippen molar-refractivity contribution >= 4 is 21.8 Å². The third kappa shape index (κ3) is 3.32. The third-order valence-corrected chi connectivity index (χ3v) is 5.57. The molecule has 1 aliphatic heterocycles. The Kier molecular flexibility index (Phi) is 4.65. The van der Waals surface area contributed by atoms with E-state index in [4.69, 9.17) is 0 Å². The maximum atomic E-state index is 12.0. The second kappa shape index (κ2) is 6.49. The molecule has 1 aromatic carbocycles. The zero-order valence-electron chi connectivity index (χ0n) is 12.4. The number of halogens is 1. The van der Waals surface area contributed by atoms with E-state index in [9.17, 15) is 4.79 Å². The van der Waals surface area contributed by atoms with Crippen LogP contribution in [0.1, 0.15) is 50.5 Å². The van der Waals surface area contributed by atoms with E-state index in [1.165, 1.54) is 24.8 Å². The normalized spacial score (nSPS) is 30.4. The van der Waals surface area contributed by atoms with Crippen molar-refractivity contribution in [2.75, 3.05) is 0 Å². The fourth-order valence-corrected chi connectivity index (χ4v) is 4.31. The summed E-state index contributed by atoms with van der Waals surface area (Å²) in [7, 11) is 0. The Morgan fingerprint density at radius 1 is 1.33 bits per heavy atom. The van der Waals surface area contributed by atoms with Gasteiger partial charge in [0.15, 0.2) is 0 Å². The highest BCUT2D eigenvalue weighted by Gasteiger charge is 2.40. The molecule has 0 aromatic heterocycles. The van der Waals surface area contributed by atoms with Gasteiger partial charge in [-0.05, 0) is 48.8 Å². The Bertz CT molecular complexity index is 519. The van der Waals surface area contributed by atoms with Crippen molar-refractivity contribution in [3.63, 3.8) is 0 Å². The first-order valence-corrected chi connectivity index (χ1v) is 8.75. The van der Waals surface area contributed by atoms with E-state index in [0.717, 1.165) is 17.3 Å². The second-order valence-corrected chi connectivity index (χ2v) is 7.40. The van der Waals surface area contributed by atoms with Gasteiger partial charge in [-0.2, -0.15) is 0 Å². The van der Waals surface area contributed by atoms with Gasteiger partial charge in [0, 0.05) is 16.4 Å². The lowest BCUT2D eigenvalue weighted by Gasteiger charge is -2.42. The molecule has 1 saturated carbocycles. The number of hydrogen-bond acceptors (Lipinski definition) is 2. The molecule has 114 valence electrons. The molecule has 2 aliphatic rings. The van der Waals surface area contributed by atoms with Crippen LogP contribution >= 0.6 is 15.9 Å². The van der Waals surface area contributed by atoms with Crippen LogP contribution in [0.2, 0.25) is 0 Å². The lowest BCUT2D eigenvalue weighted by Crippen LogP contribution is -2.59. The lowest BCUT2D eigenvalue weighted by molar-refractivity contribution is -0.133. The molecule has 0 bridgehead atoms. The monoisotopic (exact) mass is 350 g/mol. The van der Waals surface area contributed by atoms with Gasteiger partial charge in [0.25, 0.3) is 0 Å². The highest BCUT2D eigenvalue weighted by atomic mass is 79.9. The summed E-state index contributed by atoms with van der Waals surface area (Å²) in [6.07, 6.45) is 5.76. The first-order chi connectivity index (χ1) is 10.1. The molecular weight excluding hydrogens is 328 g/mol. The van der Waals surface area contributed by atoms with Gasteiger partial charge < -0.3 is 0 Å². The van der Waals surface area contributed by atoms with Crippen LogP contribution in [-0.4, -0.2) is 11.9 Å². The summed E-state index contributed by atoms with van der Waals surface area (Å²) in [4.78, 5) is 12.0. The molecule has 3 rings (SSSR count). The first kappa shape index (κ1) is 15.0. The molecular formula is C17H23BrN2O. The Morgan fingerprint density at radius 2 is 2.14 bits per heavy atom. The Labute approximate surface area is 135 Å². The van der Waals surface area contributed by atoms with Crippen molar-refractivity contribution in [3.05, 3.63) is 34.3 Å². The molecule has 2 fully saturated rings. The number of fused-ring (bicyclic) bond motifs is 1. The van der Waals surface area contributed by atoms with E-state index in [1.54, 1.807) is 0 Å². The fraction of sp³-hybridized carbons (Fsp3) is 0.588. The number of hydrazine groups is 1. The minimum absolute atomic E-state index is 0.200. The number of hydrogen-bond donors (Lipinski definition) is 2. The van der Waals surface area contributed by atoms with Crippen LogP contribution in [0.3, 0.4) is 0 Å². The van der Waals surface area contributed by atoms with E-state index in [2.05, 4.69) is 58.0 Å². The number of benzene rings is 1. The largest absolute Gasteiger partial charge is 0.291 e. The van der Waals surface area contributed by atoms with Gasteiger partial charge >= 0.3 is 0 Å². The van der Waals surface area contributed by atoms with Gasteiger partial charge in [0.05, 0.1) is 0 Å². The fourth-order valence-electron chi connectivity index (χ4n) is 3.89. The molecule has 4 unspecified atom stereocenters. The molecule has 4 atom stereocenters. The number of amides is 1. The van der Waals surface area contributed by atoms with Gasteiger partial charge in [-0.1, -0.05) is 47.8 Å². The van der Waals surface area contributed by atoms with Crippen LogP contribution in [0, 0.1) is 11.8 Å². The summed E-state index contributed by atoms with van der Waals surface area (Å²) in [6.45, 7) is 2.28. The Morgan fingerprint density at radius 3 is 2.95 bits per heavy atom. The lowest BCUT2D eigenvalue weighted by atomic mass is 9.71. The highest BCUT2D eigenvalue weighted by molar-refractivity contribution is 9.10. The summed E-state index contributed by atoms with van der Waals surface area (Å²) in [5.41, 5.74) is 7.53. The average molecular weight is 351 g/mol. The SMILES string of the molecule is CC(CC1NNC(=O)C2CCCCC12)c1cccc(Br)c1. The summed E-state index contributed by atoms with van der Waals surface area (Å²) < 4.78 is 1.13. The summed E-state index contributed by atoms with van der Waals surface area (Å²) in [5.74, 6) is 1.41. The van der Waals surface area contributed by atoms with E-state index >= 15 is 0 Å². The Hall–Kier alpha value is -0.870. The molecule has 1 saturated heterocycles. The first-order valence-electron chi connectivity index (χ1n) is 7.96. The van der Waals surface area contributed by atoms with Crippen LogP contribution in [0.25, 0.3) is 0 Å². The Balaban J connectivity index is 1.70. The van der Waals surface area contributed by atoms with E-state index < -0.39 is 0 Å². The van der Waals surface area contributed by atoms with Gasteiger partial charge in [-0.15, -0.1) is 0 Å². The van der Waals surface area contributed by atoms with Crippen LogP contribution < -0.4 is 10.9 Å². The minimum Gasteiger partial charge on any atom is -0.291 e. The second-order valence-electron chi connectivity index (χ2n) is 6.49. The van der Waals surface area contributed by atoms with Crippen molar-refractivity contribution in [2.24, 2.45) is 11.8 Å². The van der Waals surface area contributed by atoms with Gasteiger partial charge in [-0.3, -0.25) is 10.2 Å². The van der Waals surface area contributed by atoms with Crippen LogP contribution in [0.15, 0.2) is 28.7 Å². The molecule has 3 nitrogen and oxygen atoms in total. The maximum absolute atomic E-state index is 12.0. The van der Waals surface area contributed by atoms with Crippen LogP contribution in [0.4, 0.5) is 0 Å². The van der Waals surface area contributed by atoms with Crippen LogP contribution in [0.5, 0.6) is 0 Å². The minimum atomic E-state index is 0.200. The predicted octanol–water partition coefficient (Wildman–Crippen LogP) is 3.75. The molecule has 0 radical (unpaired) electrons. The number of carbonyl (C=O) groups excluding carboxylic acids is 1. The van der Waals surface area contributed by atoms with Crippen molar-refractivity contribution in [1.29, 1.82) is 0 Å². The number of rotatable bonds is 3. The highest BCUT2D eigenvalue weighted by Crippen LogP contribution is 2.37. The van der Waals surface area contributed by atoms with Crippen molar-refractivity contribution < 1.29 is 4.79 Å². The molecule has 1 heterocycles. The molecule has 2 N–H and O–H groups in total. The quantitative estimate of drug-likeness (QED) is 0.871. The topological polar surface area (TPSA) is 41.1 Å². The van der Waals surface area contributed by atoms with Gasteiger partial charge in [0.1, 0.15) is 0 Å². The molecule has 1 aliphatic carbocycles. The van der Waals surface area contributed by atoms with Crippen molar-refractivity contribution in [2.45, 2.75) is 51.0 Å². The molecule has 21 heavy (non-hydrogen) atoms. The molecule has 0 spiro atoms. The predicted molar refractivity (Wildman–Crippen MR) is 87.7 cm³/mol. The summed E-state index contributed by atoms with van der Waals surface area (Å²) in [6, 6.07) is 8.93. The van der Waals surface area contributed by atoms with Gasteiger partial charge in [-0.25, -0.2) is 5.43 Å². The van der Waals surface area contributed by atoms with Gasteiger partial charge in [0.2, 0.25) is 5.91 Å². The van der Waals surface area contributed by atoms with E-state index in [-0.39, 0.29) is 11.8 Å². The van der Waals surface area contributed by atoms with E-state index in [0.29, 0.717) is 17.9 Å². The zero-order chi connectivity index (χ0) is 14.8. The molecule has 1 amide bonds. The van der Waals surface area contributed by atoms with Crippen molar-refractivity contribution in [3.8, 4) is 0 Å². The zero-order valence-corrected chi connectivity index (χ0v) is 14.0. The maximum Gasteiger partial charge on any atom is 0.237 e. The number of carbonyl (C=O) groups is 1. The third-order valence-electron chi connectivity index (χ3n) is 5.08. The number of nitrogens with one attached hydrogen (secondary N) is 2. The standard InChI is InChI=1S/C17H23BrN2O/c1-11(12-5-4-6-13(18)10-12)9-16-14-7-2-3-8-15(14)17(21)20-19-16/h4-6,10-11,14-16,19H,2-3,7-9H2,1H3,(H,20,21). The van der Waals surface area contributed by atoms with Crippen LogP contribution in [-0.2, 0) is 4.79 Å². The summed E-state index contributed by atoms with van der Waals surface area (Å²) >= 11 is 3.55. The summed E-state index contributed by atoms with van der Waals surface area (Å²) in [5, 5.41) is 0. The molecule has 4 heteroatoms. The van der Waals surface area contributed by atoms with Crippen molar-refractivity contribution in [1.82, 2.24) is 10.9 Å². The smallest absolute Gasteiger partial charge is 0.237 e. The average Bonchev–Trinajstić information content (AvgIpc) is 2.50. The van der Waals surface area contributed by atoms with E-state index in [1.807, 2.05) is 0 Å².